The number of hydrogen-bond acceptors (Lipinski definition) is 5. The Bertz CT molecular complexity index is 974. The van der Waals surface area contributed by atoms with Crippen LogP contribution in [0.15, 0.2) is 47.4 Å². The lowest BCUT2D eigenvalue weighted by Gasteiger charge is -2.14. The maximum absolute atomic E-state index is 12.2. The van der Waals surface area contributed by atoms with E-state index in [1.165, 1.54) is 37.3 Å². The van der Waals surface area contributed by atoms with Gasteiger partial charge < -0.3 is 10.1 Å². The molecular formula is C19H20Cl2N2O5S. The van der Waals surface area contributed by atoms with Crippen LogP contribution in [0.25, 0.3) is 0 Å². The molecule has 0 spiro atoms. The van der Waals surface area contributed by atoms with Crippen molar-refractivity contribution in [3.63, 3.8) is 0 Å². The Hall–Kier alpha value is -2.13. The highest BCUT2D eigenvalue weighted by Gasteiger charge is 2.19. The first kappa shape index (κ1) is 23.2. The van der Waals surface area contributed by atoms with Crippen LogP contribution in [-0.2, 0) is 24.3 Å². The summed E-state index contributed by atoms with van der Waals surface area (Å²) in [6, 6.07) is 10.8. The lowest BCUT2D eigenvalue weighted by molar-refractivity contribution is -0.152. The van der Waals surface area contributed by atoms with Gasteiger partial charge in [-0.25, -0.2) is 13.1 Å². The molecule has 2 N–H and O–H groups in total. The number of carbonyl (C=O) groups is 2. The zero-order valence-corrected chi connectivity index (χ0v) is 18.1. The topological polar surface area (TPSA) is 102 Å². The number of nitrogens with one attached hydrogen (secondary N) is 2. The third-order valence-electron chi connectivity index (χ3n) is 3.76. The van der Waals surface area contributed by atoms with Crippen LogP contribution < -0.4 is 10.0 Å². The Morgan fingerprint density at radius 3 is 2.24 bits per heavy atom. The second-order valence-electron chi connectivity index (χ2n) is 6.24. The van der Waals surface area contributed by atoms with Crippen LogP contribution in [0.3, 0.4) is 0 Å². The quantitative estimate of drug-likeness (QED) is 0.588. The SMILES string of the molecule is Cc1ccc(S(=O)(=O)NCCC(=O)OC(C)C(=O)Nc2cc(Cl)cc(Cl)c2)cc1. The van der Waals surface area contributed by atoms with Crippen LogP contribution >= 0.6 is 23.2 Å². The van der Waals surface area contributed by atoms with Crippen molar-refractivity contribution in [1.82, 2.24) is 4.72 Å². The average molecular weight is 459 g/mol. The number of esters is 1. The van der Waals surface area contributed by atoms with Gasteiger partial charge in [-0.2, -0.15) is 0 Å². The third-order valence-corrected chi connectivity index (χ3v) is 5.67. The molecule has 0 bridgehead atoms. The normalized spacial score (nSPS) is 12.3. The fourth-order valence-electron chi connectivity index (χ4n) is 2.27. The first-order chi connectivity index (χ1) is 13.6. The fourth-order valence-corrected chi connectivity index (χ4v) is 3.83. The Kier molecular flexibility index (Phi) is 8.04. The maximum atomic E-state index is 12.2. The molecule has 0 saturated heterocycles. The summed E-state index contributed by atoms with van der Waals surface area (Å²) in [5.41, 5.74) is 1.29. The highest BCUT2D eigenvalue weighted by atomic mass is 35.5. The highest BCUT2D eigenvalue weighted by Crippen LogP contribution is 2.22. The van der Waals surface area contributed by atoms with Crippen molar-refractivity contribution < 1.29 is 22.7 Å². The number of sulfonamides is 1. The first-order valence-electron chi connectivity index (χ1n) is 8.59. The number of amides is 1. The van der Waals surface area contributed by atoms with Crippen LogP contribution in [0.2, 0.25) is 10.0 Å². The minimum atomic E-state index is -3.73. The zero-order valence-electron chi connectivity index (χ0n) is 15.7. The minimum absolute atomic E-state index is 0.101. The third kappa shape index (κ3) is 7.32. The highest BCUT2D eigenvalue weighted by molar-refractivity contribution is 7.89. The van der Waals surface area contributed by atoms with Crippen molar-refractivity contribution in [2.45, 2.75) is 31.3 Å². The van der Waals surface area contributed by atoms with E-state index in [0.717, 1.165) is 5.56 Å². The zero-order chi connectivity index (χ0) is 21.6. The molecule has 1 atom stereocenters. The molecule has 2 rings (SSSR count). The standard InChI is InChI=1S/C19H20Cl2N2O5S/c1-12-3-5-17(6-4-12)29(26,27)22-8-7-18(24)28-13(2)19(25)23-16-10-14(20)9-15(21)11-16/h3-6,9-11,13,22H,7-8H2,1-2H3,(H,23,25). The predicted molar refractivity (Wildman–Crippen MR) is 112 cm³/mol. The van der Waals surface area contributed by atoms with Crippen molar-refractivity contribution in [3.05, 3.63) is 58.1 Å². The number of hydrogen-bond donors (Lipinski definition) is 2. The van der Waals surface area contributed by atoms with E-state index in [-0.39, 0.29) is 17.9 Å². The number of carbonyl (C=O) groups excluding carboxylic acids is 2. The van der Waals surface area contributed by atoms with E-state index in [4.69, 9.17) is 27.9 Å². The number of benzene rings is 2. The fraction of sp³-hybridized carbons (Fsp3) is 0.263. The van der Waals surface area contributed by atoms with Crippen molar-refractivity contribution in [1.29, 1.82) is 0 Å². The van der Waals surface area contributed by atoms with Crippen molar-refractivity contribution in [3.8, 4) is 0 Å². The van der Waals surface area contributed by atoms with E-state index in [1.807, 2.05) is 6.92 Å². The molecule has 1 unspecified atom stereocenters. The predicted octanol–water partition coefficient (Wildman–Crippen LogP) is 3.54. The summed E-state index contributed by atoms with van der Waals surface area (Å²) < 4.78 is 31.7. The summed E-state index contributed by atoms with van der Waals surface area (Å²) in [5, 5.41) is 3.23. The van der Waals surface area contributed by atoms with E-state index >= 15 is 0 Å². The number of aryl methyl sites for hydroxylation is 1. The van der Waals surface area contributed by atoms with Gasteiger partial charge in [0.2, 0.25) is 10.0 Å². The molecule has 0 saturated carbocycles. The molecule has 0 radical (unpaired) electrons. The van der Waals surface area contributed by atoms with E-state index in [0.29, 0.717) is 15.7 Å². The summed E-state index contributed by atoms with van der Waals surface area (Å²) >= 11 is 11.7. The Morgan fingerprint density at radius 2 is 1.66 bits per heavy atom. The summed E-state index contributed by atoms with van der Waals surface area (Å²) in [5.74, 6) is -1.29. The van der Waals surface area contributed by atoms with Crippen molar-refractivity contribution >= 4 is 50.8 Å². The Labute approximate surface area is 179 Å². The van der Waals surface area contributed by atoms with Crippen LogP contribution in [0, 0.1) is 6.92 Å². The maximum Gasteiger partial charge on any atom is 0.307 e. The summed E-state index contributed by atoms with van der Waals surface area (Å²) in [7, 11) is -3.73. The molecule has 156 valence electrons. The van der Waals surface area contributed by atoms with Crippen molar-refractivity contribution in [2.75, 3.05) is 11.9 Å². The van der Waals surface area contributed by atoms with Crippen LogP contribution in [0.5, 0.6) is 0 Å². The number of rotatable bonds is 8. The molecule has 7 nitrogen and oxygen atoms in total. The van der Waals surface area contributed by atoms with Gasteiger partial charge >= 0.3 is 5.97 Å². The van der Waals surface area contributed by atoms with Gasteiger partial charge in [0, 0.05) is 22.3 Å². The molecular weight excluding hydrogens is 439 g/mol. The van der Waals surface area contributed by atoms with Crippen LogP contribution in [0.1, 0.15) is 18.9 Å². The lowest BCUT2D eigenvalue weighted by Crippen LogP contribution is -2.32. The molecule has 10 heteroatoms. The number of ether oxygens (including phenoxy) is 1. The van der Waals surface area contributed by atoms with E-state index < -0.39 is 28.0 Å². The van der Waals surface area contributed by atoms with E-state index in [1.54, 1.807) is 12.1 Å². The molecule has 2 aromatic rings. The largest absolute Gasteiger partial charge is 0.452 e. The monoisotopic (exact) mass is 458 g/mol. The van der Waals surface area contributed by atoms with Crippen LogP contribution in [0.4, 0.5) is 5.69 Å². The van der Waals surface area contributed by atoms with E-state index in [9.17, 15) is 18.0 Å². The van der Waals surface area contributed by atoms with Gasteiger partial charge in [0.1, 0.15) is 0 Å². The van der Waals surface area contributed by atoms with Crippen LogP contribution in [-0.4, -0.2) is 32.9 Å². The van der Waals surface area contributed by atoms with Gasteiger partial charge in [-0.3, -0.25) is 9.59 Å². The number of anilines is 1. The summed E-state index contributed by atoms with van der Waals surface area (Å²) in [6.45, 7) is 3.08. The van der Waals surface area contributed by atoms with Gasteiger partial charge in [-0.05, 0) is 44.2 Å². The first-order valence-corrected chi connectivity index (χ1v) is 10.8. The molecule has 0 fully saturated rings. The molecule has 0 aliphatic rings. The Morgan fingerprint density at radius 1 is 1.07 bits per heavy atom. The molecule has 0 aromatic heterocycles. The van der Waals surface area contributed by atoms with Gasteiger partial charge in [0.05, 0.1) is 11.3 Å². The smallest absolute Gasteiger partial charge is 0.307 e. The van der Waals surface area contributed by atoms with Gasteiger partial charge in [-0.1, -0.05) is 40.9 Å². The molecule has 0 aliphatic carbocycles. The number of halogens is 2. The molecule has 2 aromatic carbocycles. The lowest BCUT2D eigenvalue weighted by atomic mass is 10.2. The molecule has 1 amide bonds. The summed E-state index contributed by atoms with van der Waals surface area (Å²) in [6.07, 6.45) is -1.32. The molecule has 29 heavy (non-hydrogen) atoms. The van der Waals surface area contributed by atoms with E-state index in [2.05, 4.69) is 10.0 Å². The van der Waals surface area contributed by atoms with Gasteiger partial charge in [0.15, 0.2) is 6.10 Å². The summed E-state index contributed by atoms with van der Waals surface area (Å²) in [4.78, 5) is 24.1. The average Bonchev–Trinajstić information content (AvgIpc) is 2.60. The Balaban J connectivity index is 1.82. The second kappa shape index (κ2) is 10.1. The van der Waals surface area contributed by atoms with Gasteiger partial charge in [0.25, 0.3) is 5.91 Å². The minimum Gasteiger partial charge on any atom is -0.452 e. The van der Waals surface area contributed by atoms with Crippen molar-refractivity contribution in [2.24, 2.45) is 0 Å². The molecule has 0 heterocycles. The molecule has 0 aliphatic heterocycles. The second-order valence-corrected chi connectivity index (χ2v) is 8.88. The van der Waals surface area contributed by atoms with Gasteiger partial charge in [-0.15, -0.1) is 0 Å².